The van der Waals surface area contributed by atoms with E-state index in [2.05, 4.69) is 0 Å². The smallest absolute Gasteiger partial charge is 0.330 e. The molecule has 0 bridgehead atoms. The molecule has 0 saturated heterocycles. The minimum absolute atomic E-state index is 0.0632. The van der Waals surface area contributed by atoms with Gasteiger partial charge in [-0.3, -0.25) is 10.2 Å². The molecule has 0 radical (unpaired) electrons. The zero-order valence-corrected chi connectivity index (χ0v) is 8.41. The van der Waals surface area contributed by atoms with Crippen LogP contribution in [0.25, 0.3) is 0 Å². The molecule has 86 valence electrons. The van der Waals surface area contributed by atoms with E-state index in [4.69, 9.17) is 10.5 Å². The lowest BCUT2D eigenvalue weighted by atomic mass is 10.2. The molecule has 0 fully saturated rings. The molecule has 1 aromatic carbocycles. The van der Waals surface area contributed by atoms with Gasteiger partial charge in [-0.15, -0.1) is 0 Å². The van der Waals surface area contributed by atoms with Crippen LogP contribution in [0, 0.1) is 5.82 Å². The Kier molecular flexibility index (Phi) is 3.65. The second-order valence-corrected chi connectivity index (χ2v) is 2.79. The van der Waals surface area contributed by atoms with Gasteiger partial charge in [-0.2, -0.15) is 0 Å². The second kappa shape index (κ2) is 4.96. The van der Waals surface area contributed by atoms with Crippen molar-refractivity contribution in [3.8, 4) is 5.75 Å². The lowest BCUT2D eigenvalue weighted by Gasteiger charge is -2.06. The van der Waals surface area contributed by atoms with Crippen molar-refractivity contribution >= 4 is 11.9 Å². The maximum Gasteiger partial charge on any atom is 0.330 e. The average molecular weight is 227 g/mol. The molecule has 0 heterocycles. The average Bonchev–Trinajstić information content (AvgIpc) is 2.26. The number of benzene rings is 1. The molecule has 4 N–H and O–H groups in total. The third-order valence-corrected chi connectivity index (χ3v) is 1.71. The van der Waals surface area contributed by atoms with Crippen molar-refractivity contribution in [3.05, 3.63) is 29.6 Å². The van der Waals surface area contributed by atoms with E-state index in [1.807, 2.05) is 10.9 Å². The van der Waals surface area contributed by atoms with Gasteiger partial charge in [0.25, 0.3) is 5.91 Å². The molecular weight excluding hydrogens is 217 g/mol. The molecule has 6 nitrogen and oxygen atoms in total. The molecule has 0 aliphatic carbocycles. The van der Waals surface area contributed by atoms with Crippen LogP contribution < -0.4 is 21.3 Å². The van der Waals surface area contributed by atoms with E-state index in [-0.39, 0.29) is 11.3 Å². The number of nitrogens with two attached hydrogens (primary N) is 1. The van der Waals surface area contributed by atoms with Gasteiger partial charge < -0.3 is 10.5 Å². The summed E-state index contributed by atoms with van der Waals surface area (Å²) in [5.41, 5.74) is 8.81. The third-order valence-electron chi connectivity index (χ3n) is 1.71. The first-order chi connectivity index (χ1) is 7.54. The lowest BCUT2D eigenvalue weighted by Crippen LogP contribution is -2.44. The van der Waals surface area contributed by atoms with E-state index < -0.39 is 17.8 Å². The number of hydrogen-bond donors (Lipinski definition) is 3. The molecular formula is C9H10FN3O3. The Hall–Kier alpha value is -2.31. The number of urea groups is 1. The van der Waals surface area contributed by atoms with Crippen LogP contribution in [0.2, 0.25) is 0 Å². The van der Waals surface area contributed by atoms with Crippen LogP contribution in [0.15, 0.2) is 18.2 Å². The van der Waals surface area contributed by atoms with Gasteiger partial charge in [-0.1, -0.05) is 0 Å². The van der Waals surface area contributed by atoms with Crippen LogP contribution in [0.4, 0.5) is 9.18 Å². The topological polar surface area (TPSA) is 93.4 Å². The fourth-order valence-corrected chi connectivity index (χ4v) is 0.992. The van der Waals surface area contributed by atoms with E-state index >= 15 is 0 Å². The Morgan fingerprint density at radius 2 is 2.06 bits per heavy atom. The van der Waals surface area contributed by atoms with Crippen LogP contribution in [0.1, 0.15) is 10.4 Å². The summed E-state index contributed by atoms with van der Waals surface area (Å²) in [5.74, 6) is -1.27. The molecule has 0 aromatic heterocycles. The van der Waals surface area contributed by atoms with E-state index in [1.54, 1.807) is 0 Å². The summed E-state index contributed by atoms with van der Waals surface area (Å²) in [5, 5.41) is 0. The van der Waals surface area contributed by atoms with Crippen molar-refractivity contribution in [2.75, 3.05) is 7.11 Å². The van der Waals surface area contributed by atoms with Gasteiger partial charge in [-0.25, -0.2) is 14.6 Å². The van der Waals surface area contributed by atoms with Crippen LogP contribution >= 0.6 is 0 Å². The highest BCUT2D eigenvalue weighted by atomic mass is 19.1. The first-order valence-electron chi connectivity index (χ1n) is 4.24. The fraction of sp³-hybridized carbons (Fsp3) is 0.111. The number of hydrogen-bond acceptors (Lipinski definition) is 3. The first kappa shape index (κ1) is 11.8. The molecule has 1 rings (SSSR count). The number of halogens is 1. The Morgan fingerprint density at radius 1 is 1.38 bits per heavy atom. The molecule has 7 heteroatoms. The number of nitrogens with one attached hydrogen (secondary N) is 2. The molecule has 0 spiro atoms. The maximum atomic E-state index is 13.0. The third kappa shape index (κ3) is 2.84. The highest BCUT2D eigenvalue weighted by molar-refractivity contribution is 5.95. The van der Waals surface area contributed by atoms with Gasteiger partial charge in [0.05, 0.1) is 7.11 Å². The highest BCUT2D eigenvalue weighted by Crippen LogP contribution is 2.17. The number of hydrazine groups is 1. The van der Waals surface area contributed by atoms with Crippen LogP contribution in [-0.2, 0) is 0 Å². The zero-order chi connectivity index (χ0) is 12.1. The Labute approximate surface area is 90.5 Å². The number of amides is 3. The number of methoxy groups -OCH3 is 1. The van der Waals surface area contributed by atoms with Gasteiger partial charge in [0.2, 0.25) is 0 Å². The highest BCUT2D eigenvalue weighted by Gasteiger charge is 2.09. The molecule has 0 saturated carbocycles. The first-order valence-corrected chi connectivity index (χ1v) is 4.24. The molecule has 0 atom stereocenters. The minimum Gasteiger partial charge on any atom is -0.494 e. The normalized spacial score (nSPS) is 9.38. The molecule has 16 heavy (non-hydrogen) atoms. The van der Waals surface area contributed by atoms with Crippen LogP contribution in [-0.4, -0.2) is 19.0 Å². The van der Waals surface area contributed by atoms with Crippen molar-refractivity contribution in [2.24, 2.45) is 5.73 Å². The van der Waals surface area contributed by atoms with Crippen molar-refractivity contribution < 1.29 is 18.7 Å². The van der Waals surface area contributed by atoms with Crippen molar-refractivity contribution in [3.63, 3.8) is 0 Å². The summed E-state index contributed by atoms with van der Waals surface area (Å²) in [7, 11) is 1.28. The monoisotopic (exact) mass is 227 g/mol. The summed E-state index contributed by atoms with van der Waals surface area (Å²) in [6, 6.07) is 2.63. The van der Waals surface area contributed by atoms with Crippen molar-refractivity contribution in [1.29, 1.82) is 0 Å². The van der Waals surface area contributed by atoms with Gasteiger partial charge in [0, 0.05) is 5.56 Å². The van der Waals surface area contributed by atoms with Crippen LogP contribution in [0.5, 0.6) is 5.75 Å². The molecule has 0 unspecified atom stereocenters. The summed E-state index contributed by atoms with van der Waals surface area (Å²) >= 11 is 0. The Balaban J connectivity index is 2.80. The summed E-state index contributed by atoms with van der Waals surface area (Å²) in [6.07, 6.45) is 0. The molecule has 1 aromatic rings. The van der Waals surface area contributed by atoms with E-state index in [1.165, 1.54) is 19.2 Å². The quantitative estimate of drug-likeness (QED) is 0.627. The van der Waals surface area contributed by atoms with E-state index in [9.17, 15) is 14.0 Å². The maximum absolute atomic E-state index is 13.0. The molecule has 0 aliphatic rings. The van der Waals surface area contributed by atoms with Gasteiger partial charge in [0.1, 0.15) is 0 Å². The lowest BCUT2D eigenvalue weighted by molar-refractivity contribution is 0.0937. The number of primary amides is 1. The fourth-order valence-electron chi connectivity index (χ4n) is 0.992. The Bertz CT molecular complexity index is 422. The number of rotatable bonds is 2. The predicted molar refractivity (Wildman–Crippen MR) is 53.1 cm³/mol. The van der Waals surface area contributed by atoms with Crippen LogP contribution in [0.3, 0.4) is 0 Å². The van der Waals surface area contributed by atoms with Gasteiger partial charge in [0.15, 0.2) is 11.6 Å². The Morgan fingerprint density at radius 3 is 2.62 bits per heavy atom. The van der Waals surface area contributed by atoms with Gasteiger partial charge in [-0.05, 0) is 18.2 Å². The van der Waals surface area contributed by atoms with Crippen molar-refractivity contribution in [2.45, 2.75) is 0 Å². The summed E-state index contributed by atoms with van der Waals surface area (Å²) in [6.45, 7) is 0. The second-order valence-electron chi connectivity index (χ2n) is 2.79. The largest absolute Gasteiger partial charge is 0.494 e. The summed E-state index contributed by atoms with van der Waals surface area (Å²) in [4.78, 5) is 21.7. The SMILES string of the molecule is COc1cc(C(=O)NNC(N)=O)ccc1F. The van der Waals surface area contributed by atoms with E-state index in [0.717, 1.165) is 6.07 Å². The number of ether oxygens (including phenoxy) is 1. The minimum atomic E-state index is -0.901. The summed E-state index contributed by atoms with van der Waals surface area (Å²) < 4.78 is 17.7. The standard InChI is InChI=1S/C9H10FN3O3/c1-16-7-4-5(2-3-6(7)10)8(14)12-13-9(11)15/h2-4H,1H3,(H,12,14)(H3,11,13,15). The van der Waals surface area contributed by atoms with Gasteiger partial charge >= 0.3 is 6.03 Å². The molecule has 3 amide bonds. The predicted octanol–water partition coefficient (Wildman–Crippen LogP) is 0.147. The molecule has 0 aliphatic heterocycles. The zero-order valence-electron chi connectivity index (χ0n) is 8.41. The van der Waals surface area contributed by atoms with E-state index in [0.29, 0.717) is 0 Å². The van der Waals surface area contributed by atoms with Crippen molar-refractivity contribution in [1.82, 2.24) is 10.9 Å². The number of carbonyl (C=O) groups is 2. The number of carbonyl (C=O) groups excluding carboxylic acids is 2.